The zero-order chi connectivity index (χ0) is 14.0. The van der Waals surface area contributed by atoms with E-state index in [0.29, 0.717) is 14.9 Å². The van der Waals surface area contributed by atoms with Crippen molar-refractivity contribution in [1.29, 1.82) is 0 Å². The zero-order valence-corrected chi connectivity index (χ0v) is 12.1. The molecule has 0 aliphatic rings. The van der Waals surface area contributed by atoms with Gasteiger partial charge < -0.3 is 5.73 Å². The standard InChI is InChI=1S/C13H10BrF2NOS/c14-11-5-9(15)2-1-8(11)7-19(18)10-3-4-13(17)12(16)6-10/h1-6H,7,17H2. The van der Waals surface area contributed by atoms with E-state index in [4.69, 9.17) is 5.73 Å². The lowest BCUT2D eigenvalue weighted by atomic mass is 10.2. The minimum Gasteiger partial charge on any atom is -0.396 e. The normalized spacial score (nSPS) is 12.4. The van der Waals surface area contributed by atoms with Crippen molar-refractivity contribution < 1.29 is 13.0 Å². The van der Waals surface area contributed by atoms with Gasteiger partial charge in [-0.05, 0) is 35.9 Å². The summed E-state index contributed by atoms with van der Waals surface area (Å²) < 4.78 is 38.9. The first-order valence-electron chi connectivity index (χ1n) is 5.34. The van der Waals surface area contributed by atoms with Gasteiger partial charge in [0.05, 0.1) is 22.2 Å². The van der Waals surface area contributed by atoms with Gasteiger partial charge >= 0.3 is 0 Å². The number of anilines is 1. The molecular formula is C13H10BrF2NOS. The van der Waals surface area contributed by atoms with E-state index in [1.54, 1.807) is 6.07 Å². The second-order valence-corrected chi connectivity index (χ2v) is 6.21. The number of halogens is 3. The second kappa shape index (κ2) is 5.79. The van der Waals surface area contributed by atoms with Gasteiger partial charge in [0.25, 0.3) is 0 Å². The van der Waals surface area contributed by atoms with Crippen molar-refractivity contribution in [3.05, 3.63) is 58.1 Å². The zero-order valence-electron chi connectivity index (χ0n) is 9.70. The fourth-order valence-corrected chi connectivity index (χ4v) is 3.35. The van der Waals surface area contributed by atoms with Crippen molar-refractivity contribution in [1.82, 2.24) is 0 Å². The Morgan fingerprint density at radius 3 is 2.53 bits per heavy atom. The maximum Gasteiger partial charge on any atom is 0.147 e. The van der Waals surface area contributed by atoms with E-state index in [0.717, 1.165) is 6.07 Å². The summed E-state index contributed by atoms with van der Waals surface area (Å²) in [5, 5.41) is 0. The third-order valence-corrected chi connectivity index (χ3v) is 4.63. The molecule has 0 aliphatic heterocycles. The van der Waals surface area contributed by atoms with Crippen molar-refractivity contribution in [2.24, 2.45) is 0 Å². The lowest BCUT2D eigenvalue weighted by Gasteiger charge is -2.06. The Bertz CT molecular complexity index is 649. The molecule has 0 spiro atoms. The molecular weight excluding hydrogens is 336 g/mol. The van der Waals surface area contributed by atoms with Gasteiger partial charge in [0, 0.05) is 9.37 Å². The minimum atomic E-state index is -1.42. The molecule has 0 amide bonds. The molecule has 0 aliphatic carbocycles. The van der Waals surface area contributed by atoms with Crippen LogP contribution in [0.4, 0.5) is 14.5 Å². The first kappa shape index (κ1) is 14.1. The lowest BCUT2D eigenvalue weighted by molar-refractivity contribution is 0.626. The van der Waals surface area contributed by atoms with Crippen LogP contribution in [0.1, 0.15) is 5.56 Å². The molecule has 0 heterocycles. The van der Waals surface area contributed by atoms with Gasteiger partial charge in [-0.25, -0.2) is 8.78 Å². The highest BCUT2D eigenvalue weighted by molar-refractivity contribution is 9.10. The molecule has 0 saturated carbocycles. The molecule has 0 fully saturated rings. The average molecular weight is 346 g/mol. The highest BCUT2D eigenvalue weighted by Gasteiger charge is 2.10. The Morgan fingerprint density at radius 2 is 1.89 bits per heavy atom. The monoisotopic (exact) mass is 345 g/mol. The number of hydrogen-bond acceptors (Lipinski definition) is 2. The van der Waals surface area contributed by atoms with Crippen LogP contribution < -0.4 is 5.73 Å². The molecule has 2 nitrogen and oxygen atoms in total. The van der Waals surface area contributed by atoms with Crippen molar-refractivity contribution in [3.63, 3.8) is 0 Å². The summed E-state index contributed by atoms with van der Waals surface area (Å²) in [6.07, 6.45) is 0. The van der Waals surface area contributed by atoms with Gasteiger partial charge in [0.15, 0.2) is 0 Å². The van der Waals surface area contributed by atoms with E-state index in [2.05, 4.69) is 15.9 Å². The van der Waals surface area contributed by atoms with Gasteiger partial charge in [-0.3, -0.25) is 4.21 Å². The van der Waals surface area contributed by atoms with E-state index in [1.165, 1.54) is 24.3 Å². The van der Waals surface area contributed by atoms with E-state index in [9.17, 15) is 13.0 Å². The van der Waals surface area contributed by atoms with Crippen LogP contribution in [0.3, 0.4) is 0 Å². The predicted molar refractivity (Wildman–Crippen MR) is 75.0 cm³/mol. The van der Waals surface area contributed by atoms with Crippen LogP contribution in [0, 0.1) is 11.6 Å². The third kappa shape index (κ3) is 3.39. The van der Waals surface area contributed by atoms with Gasteiger partial charge in [-0.2, -0.15) is 0 Å². The van der Waals surface area contributed by atoms with Crippen molar-refractivity contribution in [3.8, 4) is 0 Å². The maximum atomic E-state index is 13.3. The number of benzene rings is 2. The predicted octanol–water partition coefficient (Wildman–Crippen LogP) is 3.62. The molecule has 2 rings (SSSR count). The first-order valence-corrected chi connectivity index (χ1v) is 7.46. The fourth-order valence-electron chi connectivity index (χ4n) is 1.51. The number of nitrogens with two attached hydrogens (primary N) is 1. The molecule has 0 radical (unpaired) electrons. The summed E-state index contributed by atoms with van der Waals surface area (Å²) in [6, 6.07) is 8.19. The molecule has 1 atom stereocenters. The van der Waals surface area contributed by atoms with Crippen molar-refractivity contribution >= 4 is 32.4 Å². The highest BCUT2D eigenvalue weighted by Crippen LogP contribution is 2.23. The minimum absolute atomic E-state index is 0.0173. The van der Waals surface area contributed by atoms with Crippen LogP contribution in [0.15, 0.2) is 45.8 Å². The summed E-state index contributed by atoms with van der Waals surface area (Å²) >= 11 is 3.21. The van der Waals surface area contributed by atoms with Gasteiger partial charge in [0.1, 0.15) is 11.6 Å². The van der Waals surface area contributed by atoms with Crippen LogP contribution >= 0.6 is 15.9 Å². The van der Waals surface area contributed by atoms with Crippen LogP contribution in [-0.4, -0.2) is 4.21 Å². The van der Waals surface area contributed by atoms with Crippen LogP contribution in [-0.2, 0) is 16.6 Å². The lowest BCUT2D eigenvalue weighted by Crippen LogP contribution is -2.00. The molecule has 0 aromatic heterocycles. The summed E-state index contributed by atoms with van der Waals surface area (Å²) in [4.78, 5) is 0.350. The second-order valence-electron chi connectivity index (χ2n) is 3.91. The third-order valence-electron chi connectivity index (χ3n) is 2.54. The molecule has 1 unspecified atom stereocenters. The molecule has 2 aromatic carbocycles. The van der Waals surface area contributed by atoms with Gasteiger partial charge in [-0.15, -0.1) is 0 Å². The summed E-state index contributed by atoms with van der Waals surface area (Å²) in [7, 11) is -1.42. The Hall–Kier alpha value is -1.27. The number of rotatable bonds is 3. The largest absolute Gasteiger partial charge is 0.396 e. The van der Waals surface area contributed by atoms with Crippen molar-refractivity contribution in [2.75, 3.05) is 5.73 Å². The summed E-state index contributed by atoms with van der Waals surface area (Å²) in [6.45, 7) is 0. The smallest absolute Gasteiger partial charge is 0.147 e. The maximum absolute atomic E-state index is 13.3. The van der Waals surface area contributed by atoms with E-state index in [1.807, 2.05) is 0 Å². The fraction of sp³-hybridized carbons (Fsp3) is 0.0769. The molecule has 2 aromatic rings. The van der Waals surface area contributed by atoms with E-state index < -0.39 is 16.6 Å². The molecule has 2 N–H and O–H groups in total. The highest BCUT2D eigenvalue weighted by atomic mass is 79.9. The van der Waals surface area contributed by atoms with E-state index in [-0.39, 0.29) is 17.3 Å². The number of nitrogen functional groups attached to an aromatic ring is 1. The molecule has 100 valence electrons. The quantitative estimate of drug-likeness (QED) is 0.863. The van der Waals surface area contributed by atoms with Crippen molar-refractivity contribution in [2.45, 2.75) is 10.6 Å². The Labute approximate surface area is 120 Å². The average Bonchev–Trinajstić information content (AvgIpc) is 2.36. The molecule has 19 heavy (non-hydrogen) atoms. The van der Waals surface area contributed by atoms with Crippen LogP contribution in [0.5, 0.6) is 0 Å². The Balaban J connectivity index is 2.23. The number of hydrogen-bond donors (Lipinski definition) is 1. The SMILES string of the molecule is Nc1ccc(S(=O)Cc2ccc(F)cc2Br)cc1F. The summed E-state index contributed by atoms with van der Waals surface area (Å²) in [5.74, 6) is -0.798. The van der Waals surface area contributed by atoms with Gasteiger partial charge in [0.2, 0.25) is 0 Å². The first-order chi connectivity index (χ1) is 8.97. The van der Waals surface area contributed by atoms with E-state index >= 15 is 0 Å². The van der Waals surface area contributed by atoms with Crippen LogP contribution in [0.25, 0.3) is 0 Å². The Kier molecular flexibility index (Phi) is 4.31. The van der Waals surface area contributed by atoms with Gasteiger partial charge in [-0.1, -0.05) is 22.0 Å². The topological polar surface area (TPSA) is 43.1 Å². The molecule has 0 saturated heterocycles. The summed E-state index contributed by atoms with van der Waals surface area (Å²) in [5.41, 5.74) is 6.07. The molecule has 0 bridgehead atoms. The Morgan fingerprint density at radius 1 is 1.16 bits per heavy atom. The molecule has 6 heteroatoms. The van der Waals surface area contributed by atoms with Crippen LogP contribution in [0.2, 0.25) is 0 Å².